The van der Waals surface area contributed by atoms with Crippen LogP contribution in [0.4, 0.5) is 0 Å². The molecule has 3 rings (SSSR count). The van der Waals surface area contributed by atoms with Gasteiger partial charge in [-0.25, -0.2) is 0 Å². The molecule has 1 saturated carbocycles. The van der Waals surface area contributed by atoms with E-state index in [2.05, 4.69) is 17.2 Å². The van der Waals surface area contributed by atoms with Gasteiger partial charge in [0.15, 0.2) is 5.79 Å². The molecule has 1 aliphatic carbocycles. The van der Waals surface area contributed by atoms with Gasteiger partial charge in [0.2, 0.25) is 0 Å². The summed E-state index contributed by atoms with van der Waals surface area (Å²) in [6, 6.07) is 3.56. The first-order valence-corrected chi connectivity index (χ1v) is 8.09. The summed E-state index contributed by atoms with van der Waals surface area (Å²) in [5, 5.41) is 2.93. The van der Waals surface area contributed by atoms with Crippen molar-refractivity contribution in [2.45, 2.75) is 51.4 Å². The molecule has 1 aliphatic heterocycles. The van der Waals surface area contributed by atoms with Gasteiger partial charge in [0, 0.05) is 31.3 Å². The lowest BCUT2D eigenvalue weighted by Crippen LogP contribution is -2.38. The third kappa shape index (κ3) is 3.31. The molecule has 5 nitrogen and oxygen atoms in total. The van der Waals surface area contributed by atoms with Crippen molar-refractivity contribution >= 4 is 5.91 Å². The van der Waals surface area contributed by atoms with E-state index in [-0.39, 0.29) is 12.0 Å². The van der Waals surface area contributed by atoms with Gasteiger partial charge in [-0.1, -0.05) is 6.92 Å². The van der Waals surface area contributed by atoms with Crippen LogP contribution in [0, 0.1) is 12.8 Å². The number of nitrogens with zero attached hydrogens (tertiary/aromatic N) is 1. The topological polar surface area (TPSA) is 60.5 Å². The number of ether oxygens (including phenoxy) is 2. The number of aromatic nitrogens is 1. The predicted octanol–water partition coefficient (Wildman–Crippen LogP) is 2.44. The van der Waals surface area contributed by atoms with Gasteiger partial charge in [0.05, 0.1) is 12.2 Å². The summed E-state index contributed by atoms with van der Waals surface area (Å²) in [6.45, 7) is 5.14. The standard InChI is InChI=1S/C17H24N2O3/c1-12-5-7-17(8-6-12)21-11-14(22-17)10-19-16(20)15-4-3-9-18-13(15)2/h3-4,9,12,14H,5-8,10-11H2,1-2H3,(H,19,20)/t12?,14-,17?/m1/s1. The number of amides is 1. The van der Waals surface area contributed by atoms with Crippen LogP contribution in [0.5, 0.6) is 0 Å². The molecule has 1 N–H and O–H groups in total. The summed E-state index contributed by atoms with van der Waals surface area (Å²) in [7, 11) is 0. The normalized spacial score (nSPS) is 31.4. The number of carbonyl (C=O) groups is 1. The van der Waals surface area contributed by atoms with E-state index >= 15 is 0 Å². The van der Waals surface area contributed by atoms with E-state index in [1.54, 1.807) is 18.3 Å². The molecule has 1 amide bonds. The molecule has 0 aromatic carbocycles. The van der Waals surface area contributed by atoms with E-state index in [1.807, 2.05) is 6.92 Å². The second-order valence-electron chi connectivity index (χ2n) is 6.49. The zero-order valence-electron chi connectivity index (χ0n) is 13.3. The number of pyridine rings is 1. The van der Waals surface area contributed by atoms with Gasteiger partial charge in [-0.15, -0.1) is 0 Å². The number of hydrogen-bond donors (Lipinski definition) is 1. The van der Waals surface area contributed by atoms with Crippen molar-refractivity contribution in [1.29, 1.82) is 0 Å². The Labute approximate surface area is 131 Å². The fraction of sp³-hybridized carbons (Fsp3) is 0.647. The monoisotopic (exact) mass is 304 g/mol. The van der Waals surface area contributed by atoms with Crippen LogP contribution in [0.25, 0.3) is 0 Å². The van der Waals surface area contributed by atoms with Crippen molar-refractivity contribution in [2.24, 2.45) is 5.92 Å². The molecule has 1 spiro atoms. The maximum Gasteiger partial charge on any atom is 0.253 e. The van der Waals surface area contributed by atoms with Crippen molar-refractivity contribution in [3.63, 3.8) is 0 Å². The number of aryl methyl sites for hydroxylation is 1. The van der Waals surface area contributed by atoms with E-state index < -0.39 is 5.79 Å². The van der Waals surface area contributed by atoms with Gasteiger partial charge in [-0.05, 0) is 37.8 Å². The largest absolute Gasteiger partial charge is 0.349 e. The van der Waals surface area contributed by atoms with Crippen LogP contribution in [-0.2, 0) is 9.47 Å². The minimum absolute atomic E-state index is 0.0608. The Morgan fingerprint density at radius 3 is 2.95 bits per heavy atom. The second kappa shape index (κ2) is 6.34. The quantitative estimate of drug-likeness (QED) is 0.932. The SMILES string of the molecule is Cc1ncccc1C(=O)NC[C@@H]1COC2(CCC(C)CC2)O1. The highest BCUT2D eigenvalue weighted by atomic mass is 16.7. The van der Waals surface area contributed by atoms with Crippen LogP contribution < -0.4 is 5.32 Å². The van der Waals surface area contributed by atoms with Gasteiger partial charge in [-0.3, -0.25) is 9.78 Å². The second-order valence-corrected chi connectivity index (χ2v) is 6.49. The van der Waals surface area contributed by atoms with E-state index in [4.69, 9.17) is 9.47 Å². The molecular formula is C17H24N2O3. The number of nitrogens with one attached hydrogen (secondary N) is 1. The fourth-order valence-corrected chi connectivity index (χ4v) is 3.21. The number of hydrogen-bond acceptors (Lipinski definition) is 4. The van der Waals surface area contributed by atoms with E-state index in [0.29, 0.717) is 18.7 Å². The molecule has 22 heavy (non-hydrogen) atoms. The fourth-order valence-electron chi connectivity index (χ4n) is 3.21. The van der Waals surface area contributed by atoms with E-state index in [0.717, 1.165) is 37.3 Å². The highest BCUT2D eigenvalue weighted by Crippen LogP contribution is 2.39. The average molecular weight is 304 g/mol. The van der Waals surface area contributed by atoms with Crippen molar-refractivity contribution in [3.8, 4) is 0 Å². The van der Waals surface area contributed by atoms with Crippen molar-refractivity contribution in [3.05, 3.63) is 29.6 Å². The molecule has 2 heterocycles. The Bertz CT molecular complexity index is 538. The maximum atomic E-state index is 12.2. The smallest absolute Gasteiger partial charge is 0.253 e. The van der Waals surface area contributed by atoms with Gasteiger partial charge in [0.1, 0.15) is 6.10 Å². The maximum absolute atomic E-state index is 12.2. The minimum Gasteiger partial charge on any atom is -0.349 e. The lowest BCUT2D eigenvalue weighted by Gasteiger charge is -2.34. The molecule has 0 unspecified atom stereocenters. The Hall–Kier alpha value is -1.46. The summed E-state index contributed by atoms with van der Waals surface area (Å²) in [5.74, 6) is 0.254. The zero-order chi connectivity index (χ0) is 15.6. The number of rotatable bonds is 3. The highest BCUT2D eigenvalue weighted by molar-refractivity contribution is 5.95. The third-order valence-electron chi connectivity index (χ3n) is 4.69. The summed E-state index contributed by atoms with van der Waals surface area (Å²) in [5.41, 5.74) is 1.35. The summed E-state index contributed by atoms with van der Waals surface area (Å²) < 4.78 is 12.0. The Morgan fingerprint density at radius 2 is 2.23 bits per heavy atom. The molecule has 5 heteroatoms. The van der Waals surface area contributed by atoms with Gasteiger partial charge < -0.3 is 14.8 Å². The molecule has 120 valence electrons. The van der Waals surface area contributed by atoms with Gasteiger partial charge in [0.25, 0.3) is 5.91 Å². The zero-order valence-corrected chi connectivity index (χ0v) is 13.3. The lowest BCUT2D eigenvalue weighted by molar-refractivity contribution is -0.191. The van der Waals surface area contributed by atoms with Crippen LogP contribution in [0.15, 0.2) is 18.3 Å². The number of carbonyl (C=O) groups excluding carboxylic acids is 1. The molecule has 0 bridgehead atoms. The Kier molecular flexibility index (Phi) is 4.45. The molecule has 2 fully saturated rings. The van der Waals surface area contributed by atoms with Gasteiger partial charge in [-0.2, -0.15) is 0 Å². The van der Waals surface area contributed by atoms with E-state index in [1.165, 1.54) is 0 Å². The summed E-state index contributed by atoms with van der Waals surface area (Å²) >= 11 is 0. The lowest BCUT2D eigenvalue weighted by atomic mass is 9.86. The van der Waals surface area contributed by atoms with Crippen LogP contribution >= 0.6 is 0 Å². The Balaban J connectivity index is 1.51. The first-order chi connectivity index (χ1) is 10.6. The molecule has 1 aromatic heterocycles. The molecule has 0 radical (unpaired) electrons. The first-order valence-electron chi connectivity index (χ1n) is 8.09. The molecule has 1 atom stereocenters. The van der Waals surface area contributed by atoms with Crippen LogP contribution in [0.2, 0.25) is 0 Å². The van der Waals surface area contributed by atoms with E-state index in [9.17, 15) is 4.79 Å². The van der Waals surface area contributed by atoms with Crippen LogP contribution in [0.3, 0.4) is 0 Å². The summed E-state index contributed by atoms with van der Waals surface area (Å²) in [4.78, 5) is 16.3. The highest BCUT2D eigenvalue weighted by Gasteiger charge is 2.43. The molecule has 2 aliphatic rings. The average Bonchev–Trinajstić information content (AvgIpc) is 2.92. The van der Waals surface area contributed by atoms with Crippen molar-refractivity contribution < 1.29 is 14.3 Å². The summed E-state index contributed by atoms with van der Waals surface area (Å²) in [6.07, 6.45) is 5.84. The predicted molar refractivity (Wildman–Crippen MR) is 82.5 cm³/mol. The molecule has 1 saturated heterocycles. The van der Waals surface area contributed by atoms with Crippen LogP contribution in [0.1, 0.15) is 48.7 Å². The van der Waals surface area contributed by atoms with Crippen molar-refractivity contribution in [1.82, 2.24) is 10.3 Å². The molecule has 1 aromatic rings. The van der Waals surface area contributed by atoms with Crippen molar-refractivity contribution in [2.75, 3.05) is 13.2 Å². The van der Waals surface area contributed by atoms with Crippen LogP contribution in [-0.4, -0.2) is 35.9 Å². The minimum atomic E-state index is -0.397. The third-order valence-corrected chi connectivity index (χ3v) is 4.69. The Morgan fingerprint density at radius 1 is 1.45 bits per heavy atom. The first kappa shape index (κ1) is 15.4. The van der Waals surface area contributed by atoms with Gasteiger partial charge >= 0.3 is 0 Å². The molecular weight excluding hydrogens is 280 g/mol.